The minimum absolute atomic E-state index is 0.230. The molecule has 2 heterocycles. The number of anilines is 1. The Morgan fingerprint density at radius 1 is 1.09 bits per heavy atom. The lowest BCUT2D eigenvalue weighted by atomic mass is 9.99. The molecule has 4 rings (SSSR count). The molecule has 7 nitrogen and oxygen atoms in total. The number of nitrogens with one attached hydrogen (secondary N) is 1. The molecule has 0 fully saturated rings. The van der Waals surface area contributed by atoms with E-state index in [0.29, 0.717) is 16.6 Å². The number of methoxy groups -OCH3 is 3. The van der Waals surface area contributed by atoms with Gasteiger partial charge in [0.05, 0.1) is 27.0 Å². The highest BCUT2D eigenvalue weighted by atomic mass is 32.1. The van der Waals surface area contributed by atoms with E-state index in [9.17, 15) is 4.79 Å². The summed E-state index contributed by atoms with van der Waals surface area (Å²) in [6.45, 7) is 2.60. The molecule has 0 spiro atoms. The molecule has 0 radical (unpaired) electrons. The van der Waals surface area contributed by atoms with Gasteiger partial charge in [0.1, 0.15) is 5.75 Å². The van der Waals surface area contributed by atoms with Crippen LogP contribution in [0.4, 0.5) is 5.13 Å². The van der Waals surface area contributed by atoms with Gasteiger partial charge in [0.15, 0.2) is 16.6 Å². The summed E-state index contributed by atoms with van der Waals surface area (Å²) < 4.78 is 15.9. The minimum Gasteiger partial charge on any atom is -0.497 e. The van der Waals surface area contributed by atoms with Gasteiger partial charge in [0.2, 0.25) is 5.91 Å². The first-order valence-corrected chi connectivity index (χ1v) is 11.5. The number of hydrogen-bond acceptors (Lipinski definition) is 7. The topological polar surface area (TPSA) is 72.9 Å². The number of aromatic nitrogens is 1. The van der Waals surface area contributed by atoms with Gasteiger partial charge in [-0.15, -0.1) is 11.3 Å². The van der Waals surface area contributed by atoms with E-state index in [4.69, 9.17) is 14.2 Å². The number of ether oxygens (including phenoxy) is 3. The average Bonchev–Trinajstić information content (AvgIpc) is 3.28. The van der Waals surface area contributed by atoms with Crippen LogP contribution in [0.5, 0.6) is 17.2 Å². The van der Waals surface area contributed by atoms with Crippen LogP contribution < -0.4 is 19.5 Å². The zero-order valence-corrected chi connectivity index (χ0v) is 19.8. The first kappa shape index (κ1) is 22.8. The summed E-state index contributed by atoms with van der Waals surface area (Å²) in [4.78, 5) is 19.3. The van der Waals surface area contributed by atoms with Crippen molar-refractivity contribution >= 4 is 28.5 Å². The van der Waals surface area contributed by atoms with E-state index in [-0.39, 0.29) is 5.91 Å². The first-order valence-electron chi connectivity index (χ1n) is 10.6. The maximum Gasteiger partial charge on any atom is 0.250 e. The van der Waals surface area contributed by atoms with Crippen molar-refractivity contribution in [1.29, 1.82) is 0 Å². The molecule has 33 heavy (non-hydrogen) atoms. The van der Waals surface area contributed by atoms with Gasteiger partial charge < -0.3 is 14.2 Å². The Labute approximate surface area is 197 Å². The summed E-state index contributed by atoms with van der Waals surface area (Å²) in [5.74, 6) is 1.93. The van der Waals surface area contributed by atoms with Crippen LogP contribution >= 0.6 is 11.3 Å². The Balaban J connectivity index is 1.32. The van der Waals surface area contributed by atoms with Gasteiger partial charge in [-0.25, -0.2) is 4.98 Å². The zero-order chi connectivity index (χ0) is 23.2. The number of hydrogen-bond donors (Lipinski definition) is 1. The van der Waals surface area contributed by atoms with Gasteiger partial charge in [-0.3, -0.25) is 15.0 Å². The second kappa shape index (κ2) is 10.5. The zero-order valence-electron chi connectivity index (χ0n) is 19.0. The number of rotatable bonds is 8. The molecular weight excluding hydrogens is 438 g/mol. The predicted molar refractivity (Wildman–Crippen MR) is 130 cm³/mol. The maximum atomic E-state index is 12.3. The molecule has 3 aromatic rings. The highest BCUT2D eigenvalue weighted by Gasteiger charge is 2.18. The largest absolute Gasteiger partial charge is 0.497 e. The van der Waals surface area contributed by atoms with E-state index in [1.165, 1.54) is 28.5 Å². The summed E-state index contributed by atoms with van der Waals surface area (Å²) in [7, 11) is 4.87. The lowest BCUT2D eigenvalue weighted by molar-refractivity contribution is -0.111. The molecule has 1 aliphatic rings. The van der Waals surface area contributed by atoms with Crippen LogP contribution in [0.25, 0.3) is 6.08 Å². The molecule has 0 aliphatic carbocycles. The van der Waals surface area contributed by atoms with Crippen LogP contribution in [-0.2, 0) is 24.3 Å². The van der Waals surface area contributed by atoms with Crippen molar-refractivity contribution in [1.82, 2.24) is 9.88 Å². The van der Waals surface area contributed by atoms with Gasteiger partial charge in [0.25, 0.3) is 0 Å². The summed E-state index contributed by atoms with van der Waals surface area (Å²) in [6.07, 6.45) is 4.20. The Kier molecular flexibility index (Phi) is 7.26. The van der Waals surface area contributed by atoms with Gasteiger partial charge in [-0.05, 0) is 53.5 Å². The number of nitrogens with zero attached hydrogens (tertiary/aromatic N) is 2. The fraction of sp³-hybridized carbons (Fsp3) is 0.280. The standard InChI is InChI=1S/C25H27N3O4S/c1-30-21-7-6-19-14-28(11-10-18(19)13-21)15-20-16-33-25(26-20)27-24(29)9-5-17-4-8-22(31-2)23(12-17)32-3/h4-9,12-13,16H,10-11,14-15H2,1-3H3,(H,26,27,29)/b9-5+. The monoisotopic (exact) mass is 465 g/mol. The lowest BCUT2D eigenvalue weighted by Crippen LogP contribution is -2.30. The average molecular weight is 466 g/mol. The Hall–Kier alpha value is -3.36. The molecule has 1 aromatic heterocycles. The number of carbonyl (C=O) groups excluding carboxylic acids is 1. The van der Waals surface area contributed by atoms with Crippen molar-refractivity contribution in [2.75, 3.05) is 33.2 Å². The van der Waals surface area contributed by atoms with Crippen molar-refractivity contribution in [2.24, 2.45) is 0 Å². The van der Waals surface area contributed by atoms with Crippen molar-refractivity contribution < 1.29 is 19.0 Å². The molecule has 0 saturated heterocycles. The van der Waals surface area contributed by atoms with Crippen LogP contribution in [0, 0.1) is 0 Å². The van der Waals surface area contributed by atoms with Gasteiger partial charge in [0, 0.05) is 31.1 Å². The second-order valence-corrected chi connectivity index (χ2v) is 8.53. The number of carbonyl (C=O) groups is 1. The van der Waals surface area contributed by atoms with E-state index in [0.717, 1.165) is 43.1 Å². The Bertz CT molecular complexity index is 1160. The fourth-order valence-electron chi connectivity index (χ4n) is 3.79. The fourth-order valence-corrected chi connectivity index (χ4v) is 4.50. The summed E-state index contributed by atoms with van der Waals surface area (Å²) in [5, 5.41) is 5.43. The summed E-state index contributed by atoms with van der Waals surface area (Å²) >= 11 is 1.43. The quantitative estimate of drug-likeness (QED) is 0.498. The molecule has 172 valence electrons. The van der Waals surface area contributed by atoms with Crippen LogP contribution in [-0.4, -0.2) is 43.7 Å². The van der Waals surface area contributed by atoms with E-state index in [2.05, 4.69) is 27.3 Å². The third-order valence-corrected chi connectivity index (χ3v) is 6.31. The van der Waals surface area contributed by atoms with Crippen LogP contribution in [0.15, 0.2) is 47.9 Å². The third-order valence-electron chi connectivity index (χ3n) is 5.51. The Morgan fingerprint density at radius 2 is 1.94 bits per heavy atom. The molecule has 8 heteroatoms. The SMILES string of the molecule is COc1ccc2c(c1)CCN(Cc1csc(NC(=O)/C=C/c3ccc(OC)c(OC)c3)n1)C2. The smallest absolute Gasteiger partial charge is 0.250 e. The number of thiazole rings is 1. The molecule has 0 atom stereocenters. The van der Waals surface area contributed by atoms with E-state index in [1.54, 1.807) is 33.5 Å². The second-order valence-electron chi connectivity index (χ2n) is 7.68. The lowest BCUT2D eigenvalue weighted by Gasteiger charge is -2.28. The normalized spacial score (nSPS) is 13.5. The first-order chi connectivity index (χ1) is 16.1. The number of amides is 1. The molecule has 2 aromatic carbocycles. The Morgan fingerprint density at radius 3 is 2.73 bits per heavy atom. The van der Waals surface area contributed by atoms with Gasteiger partial charge in [-0.1, -0.05) is 12.1 Å². The van der Waals surface area contributed by atoms with Gasteiger partial charge in [-0.2, -0.15) is 0 Å². The minimum atomic E-state index is -0.230. The highest BCUT2D eigenvalue weighted by molar-refractivity contribution is 7.13. The molecule has 1 aliphatic heterocycles. The van der Waals surface area contributed by atoms with Crippen molar-refractivity contribution in [2.45, 2.75) is 19.5 Å². The summed E-state index contributed by atoms with van der Waals surface area (Å²) in [6, 6.07) is 11.8. The van der Waals surface area contributed by atoms with Crippen LogP contribution in [0.3, 0.4) is 0 Å². The molecule has 1 amide bonds. The molecule has 0 saturated carbocycles. The van der Waals surface area contributed by atoms with Crippen molar-refractivity contribution in [3.8, 4) is 17.2 Å². The molecular formula is C25H27N3O4S. The predicted octanol–water partition coefficient (Wildman–Crippen LogP) is 4.38. The molecule has 0 bridgehead atoms. The number of fused-ring (bicyclic) bond motifs is 1. The van der Waals surface area contributed by atoms with Crippen molar-refractivity contribution in [3.05, 3.63) is 70.2 Å². The number of benzene rings is 2. The van der Waals surface area contributed by atoms with E-state index >= 15 is 0 Å². The molecule has 1 N–H and O–H groups in total. The third kappa shape index (κ3) is 5.71. The maximum absolute atomic E-state index is 12.3. The highest BCUT2D eigenvalue weighted by Crippen LogP contribution is 2.28. The van der Waals surface area contributed by atoms with E-state index < -0.39 is 0 Å². The van der Waals surface area contributed by atoms with E-state index in [1.807, 2.05) is 23.6 Å². The van der Waals surface area contributed by atoms with Gasteiger partial charge >= 0.3 is 0 Å². The van der Waals surface area contributed by atoms with Crippen LogP contribution in [0.2, 0.25) is 0 Å². The van der Waals surface area contributed by atoms with Crippen molar-refractivity contribution in [3.63, 3.8) is 0 Å². The summed E-state index contributed by atoms with van der Waals surface area (Å²) in [5.41, 5.74) is 4.46. The van der Waals surface area contributed by atoms with Crippen LogP contribution in [0.1, 0.15) is 22.4 Å². The molecule has 0 unspecified atom stereocenters.